The standard InChI is InChI=1S/C8H18O3/c1-4-10-8(11-5-2)6-7(3)9/h7-9H,4-6H2,1-3H3/t7-/m0/s1. The van der Waals surface area contributed by atoms with Gasteiger partial charge in [-0.25, -0.2) is 0 Å². The summed E-state index contributed by atoms with van der Waals surface area (Å²) in [5.74, 6) is 0. The van der Waals surface area contributed by atoms with E-state index in [1.807, 2.05) is 13.8 Å². The molecule has 0 heterocycles. The van der Waals surface area contributed by atoms with Crippen molar-refractivity contribution in [3.63, 3.8) is 0 Å². The van der Waals surface area contributed by atoms with E-state index >= 15 is 0 Å². The van der Waals surface area contributed by atoms with Gasteiger partial charge in [0.25, 0.3) is 0 Å². The minimum Gasteiger partial charge on any atom is -0.393 e. The zero-order chi connectivity index (χ0) is 8.69. The number of ether oxygens (including phenoxy) is 2. The highest BCUT2D eigenvalue weighted by Crippen LogP contribution is 2.03. The maximum Gasteiger partial charge on any atom is 0.159 e. The molecule has 3 heteroatoms. The molecule has 11 heavy (non-hydrogen) atoms. The van der Waals surface area contributed by atoms with Gasteiger partial charge in [0, 0.05) is 19.6 Å². The van der Waals surface area contributed by atoms with Crippen LogP contribution in [0, 0.1) is 0 Å². The Morgan fingerprint density at radius 2 is 1.64 bits per heavy atom. The maximum absolute atomic E-state index is 9.02. The average Bonchev–Trinajstić information content (AvgIpc) is 1.87. The van der Waals surface area contributed by atoms with Crippen LogP contribution in [0.3, 0.4) is 0 Å². The minimum atomic E-state index is -0.363. The van der Waals surface area contributed by atoms with Crippen molar-refractivity contribution in [2.24, 2.45) is 0 Å². The molecule has 0 aliphatic heterocycles. The lowest BCUT2D eigenvalue weighted by Crippen LogP contribution is -2.22. The average molecular weight is 162 g/mol. The first-order valence-electron chi connectivity index (χ1n) is 4.12. The highest BCUT2D eigenvalue weighted by molar-refractivity contribution is 4.51. The van der Waals surface area contributed by atoms with Gasteiger partial charge in [0.2, 0.25) is 0 Å². The number of rotatable bonds is 6. The molecule has 0 fully saturated rings. The van der Waals surface area contributed by atoms with Crippen molar-refractivity contribution >= 4 is 0 Å². The molecule has 0 saturated heterocycles. The molecule has 1 N–H and O–H groups in total. The molecular weight excluding hydrogens is 144 g/mol. The third-order valence-corrected chi connectivity index (χ3v) is 1.24. The van der Waals surface area contributed by atoms with Gasteiger partial charge in [-0.05, 0) is 20.8 Å². The molecule has 0 aromatic rings. The van der Waals surface area contributed by atoms with E-state index in [2.05, 4.69) is 0 Å². The third kappa shape index (κ3) is 6.28. The van der Waals surface area contributed by atoms with Crippen LogP contribution in [0.15, 0.2) is 0 Å². The smallest absolute Gasteiger partial charge is 0.159 e. The van der Waals surface area contributed by atoms with E-state index in [1.165, 1.54) is 0 Å². The summed E-state index contributed by atoms with van der Waals surface area (Å²) in [6.45, 7) is 6.79. The Morgan fingerprint density at radius 1 is 1.18 bits per heavy atom. The molecule has 0 saturated carbocycles. The van der Waals surface area contributed by atoms with Crippen LogP contribution in [0.25, 0.3) is 0 Å². The van der Waals surface area contributed by atoms with Crippen molar-refractivity contribution in [3.05, 3.63) is 0 Å². The summed E-state index contributed by atoms with van der Waals surface area (Å²) in [6.07, 6.45) is -0.0649. The third-order valence-electron chi connectivity index (χ3n) is 1.24. The Hall–Kier alpha value is -0.120. The molecule has 0 aliphatic carbocycles. The lowest BCUT2D eigenvalue weighted by molar-refractivity contribution is -0.150. The van der Waals surface area contributed by atoms with Crippen LogP contribution >= 0.6 is 0 Å². The van der Waals surface area contributed by atoms with E-state index < -0.39 is 0 Å². The number of aliphatic hydroxyl groups excluding tert-OH is 1. The monoisotopic (exact) mass is 162 g/mol. The van der Waals surface area contributed by atoms with Gasteiger partial charge in [-0.2, -0.15) is 0 Å². The molecule has 0 spiro atoms. The summed E-state index contributed by atoms with van der Waals surface area (Å²) in [5.41, 5.74) is 0. The van der Waals surface area contributed by atoms with Gasteiger partial charge in [0.1, 0.15) is 0 Å². The predicted octanol–water partition coefficient (Wildman–Crippen LogP) is 1.16. The van der Waals surface area contributed by atoms with Crippen molar-refractivity contribution in [1.29, 1.82) is 0 Å². The van der Waals surface area contributed by atoms with E-state index in [1.54, 1.807) is 6.92 Å². The van der Waals surface area contributed by atoms with E-state index in [0.717, 1.165) is 0 Å². The molecule has 0 bridgehead atoms. The highest BCUT2D eigenvalue weighted by atomic mass is 16.7. The Labute approximate surface area is 68.3 Å². The quantitative estimate of drug-likeness (QED) is 0.595. The van der Waals surface area contributed by atoms with Crippen molar-refractivity contribution in [1.82, 2.24) is 0 Å². The van der Waals surface area contributed by atoms with Gasteiger partial charge >= 0.3 is 0 Å². The summed E-state index contributed by atoms with van der Waals surface area (Å²) in [6, 6.07) is 0. The molecule has 68 valence electrons. The lowest BCUT2D eigenvalue weighted by Gasteiger charge is -2.17. The van der Waals surface area contributed by atoms with E-state index in [0.29, 0.717) is 19.6 Å². The fraction of sp³-hybridized carbons (Fsp3) is 1.00. The molecule has 0 amide bonds. The summed E-state index contributed by atoms with van der Waals surface area (Å²) in [5, 5.41) is 9.02. The fourth-order valence-electron chi connectivity index (χ4n) is 0.834. The second-order valence-corrected chi connectivity index (χ2v) is 2.42. The van der Waals surface area contributed by atoms with Crippen LogP contribution in [0.5, 0.6) is 0 Å². The molecule has 0 unspecified atom stereocenters. The van der Waals surface area contributed by atoms with Crippen molar-refractivity contribution < 1.29 is 14.6 Å². The summed E-state index contributed by atoms with van der Waals surface area (Å²) in [7, 11) is 0. The molecular formula is C8H18O3. The van der Waals surface area contributed by atoms with Crippen LogP contribution in [-0.2, 0) is 9.47 Å². The topological polar surface area (TPSA) is 38.7 Å². The fourth-order valence-corrected chi connectivity index (χ4v) is 0.834. The van der Waals surface area contributed by atoms with Crippen molar-refractivity contribution in [3.8, 4) is 0 Å². The Balaban J connectivity index is 3.50. The molecule has 0 radical (unpaired) electrons. The van der Waals surface area contributed by atoms with Crippen LogP contribution in [0.4, 0.5) is 0 Å². The zero-order valence-electron chi connectivity index (χ0n) is 7.54. The first kappa shape index (κ1) is 10.9. The highest BCUT2D eigenvalue weighted by Gasteiger charge is 2.10. The molecule has 0 aromatic heterocycles. The normalized spacial score (nSPS) is 13.9. The van der Waals surface area contributed by atoms with Gasteiger partial charge in [0.15, 0.2) is 6.29 Å². The number of aliphatic hydroxyl groups is 1. The second kappa shape index (κ2) is 6.58. The van der Waals surface area contributed by atoms with Crippen LogP contribution in [0.1, 0.15) is 27.2 Å². The Bertz CT molecular complexity index is 77.4. The predicted molar refractivity (Wildman–Crippen MR) is 43.3 cm³/mol. The van der Waals surface area contributed by atoms with Gasteiger partial charge in [-0.3, -0.25) is 0 Å². The van der Waals surface area contributed by atoms with Crippen LogP contribution in [-0.4, -0.2) is 30.7 Å². The van der Waals surface area contributed by atoms with Crippen molar-refractivity contribution in [2.75, 3.05) is 13.2 Å². The van der Waals surface area contributed by atoms with Crippen LogP contribution in [0.2, 0.25) is 0 Å². The van der Waals surface area contributed by atoms with Crippen molar-refractivity contribution in [2.45, 2.75) is 39.6 Å². The van der Waals surface area contributed by atoms with E-state index in [-0.39, 0.29) is 12.4 Å². The SMILES string of the molecule is CCOC(C[C@H](C)O)OCC. The second-order valence-electron chi connectivity index (χ2n) is 2.42. The molecule has 3 nitrogen and oxygen atoms in total. The van der Waals surface area contributed by atoms with Gasteiger partial charge in [0.05, 0.1) is 6.10 Å². The molecule has 0 rings (SSSR count). The first-order chi connectivity index (χ1) is 5.20. The zero-order valence-corrected chi connectivity index (χ0v) is 7.54. The van der Waals surface area contributed by atoms with Gasteiger partial charge < -0.3 is 14.6 Å². The molecule has 1 atom stereocenters. The van der Waals surface area contributed by atoms with Gasteiger partial charge in [-0.15, -0.1) is 0 Å². The first-order valence-corrected chi connectivity index (χ1v) is 4.12. The summed E-state index contributed by atoms with van der Waals surface area (Å²) >= 11 is 0. The Morgan fingerprint density at radius 3 is 1.91 bits per heavy atom. The van der Waals surface area contributed by atoms with E-state index in [9.17, 15) is 0 Å². The van der Waals surface area contributed by atoms with E-state index in [4.69, 9.17) is 14.6 Å². The number of hydrogen-bond donors (Lipinski definition) is 1. The number of hydrogen-bond acceptors (Lipinski definition) is 3. The maximum atomic E-state index is 9.02. The summed E-state index contributed by atoms with van der Waals surface area (Å²) in [4.78, 5) is 0. The Kier molecular flexibility index (Phi) is 6.51. The summed E-state index contributed by atoms with van der Waals surface area (Å²) < 4.78 is 10.4. The lowest BCUT2D eigenvalue weighted by atomic mass is 10.3. The minimum absolute atomic E-state index is 0.245. The van der Waals surface area contributed by atoms with Crippen LogP contribution < -0.4 is 0 Å². The largest absolute Gasteiger partial charge is 0.393 e. The van der Waals surface area contributed by atoms with Gasteiger partial charge in [-0.1, -0.05) is 0 Å². The molecule has 0 aliphatic rings. The molecule has 0 aromatic carbocycles.